The van der Waals surface area contributed by atoms with E-state index in [0.717, 1.165) is 38.8 Å². The second-order valence-electron chi connectivity index (χ2n) is 6.64. The molecule has 2 fully saturated rings. The lowest BCUT2D eigenvalue weighted by atomic mass is 10.1. The molecule has 0 bridgehead atoms. The van der Waals surface area contributed by atoms with Gasteiger partial charge in [-0.1, -0.05) is 24.5 Å². The molecule has 8 nitrogen and oxygen atoms in total. The molecular weight excluding hydrogens is 310 g/mol. The fraction of sp³-hybridized carbons (Fsp3) is 0.750. The van der Waals surface area contributed by atoms with E-state index in [1.165, 1.54) is 25.5 Å². The van der Waals surface area contributed by atoms with Gasteiger partial charge in [0.25, 0.3) is 0 Å². The summed E-state index contributed by atoms with van der Waals surface area (Å²) in [5.74, 6) is -1.06. The summed E-state index contributed by atoms with van der Waals surface area (Å²) in [5.41, 5.74) is -0.0332. The Labute approximate surface area is 141 Å². The molecule has 1 aromatic heterocycles. The van der Waals surface area contributed by atoms with Crippen molar-refractivity contribution in [2.75, 3.05) is 26.2 Å². The molecule has 2 amide bonds. The average Bonchev–Trinajstić information content (AvgIpc) is 3.04. The van der Waals surface area contributed by atoms with E-state index < -0.39 is 5.97 Å². The second-order valence-corrected chi connectivity index (χ2v) is 6.64. The molecule has 0 aliphatic carbocycles. The molecule has 8 heteroatoms. The van der Waals surface area contributed by atoms with Gasteiger partial charge in [-0.25, -0.2) is 14.3 Å². The van der Waals surface area contributed by atoms with E-state index in [2.05, 4.69) is 10.3 Å². The Hall–Kier alpha value is -2.12. The summed E-state index contributed by atoms with van der Waals surface area (Å²) in [6, 6.07) is 0.266. The fourth-order valence-corrected chi connectivity index (χ4v) is 3.51. The van der Waals surface area contributed by atoms with Gasteiger partial charge in [0.1, 0.15) is 0 Å². The van der Waals surface area contributed by atoms with E-state index in [9.17, 15) is 9.59 Å². The molecule has 2 aliphatic heterocycles. The number of rotatable bonds is 2. The molecule has 2 saturated heterocycles. The van der Waals surface area contributed by atoms with E-state index in [4.69, 9.17) is 5.11 Å². The maximum absolute atomic E-state index is 12.7. The summed E-state index contributed by atoms with van der Waals surface area (Å²) in [5, 5.41) is 16.5. The van der Waals surface area contributed by atoms with Crippen molar-refractivity contribution in [1.82, 2.24) is 24.8 Å². The van der Waals surface area contributed by atoms with Crippen molar-refractivity contribution in [3.8, 4) is 0 Å². The van der Waals surface area contributed by atoms with Gasteiger partial charge in [0.05, 0.1) is 12.2 Å². The van der Waals surface area contributed by atoms with Gasteiger partial charge in [-0.3, -0.25) is 0 Å². The molecular formula is C16H25N5O3. The Morgan fingerprint density at radius 1 is 0.958 bits per heavy atom. The van der Waals surface area contributed by atoms with Crippen molar-refractivity contribution in [1.29, 1.82) is 0 Å². The number of aromatic carboxylic acids is 1. The molecule has 0 spiro atoms. The summed E-state index contributed by atoms with van der Waals surface area (Å²) in [6.45, 7) is 3.10. The Balaban J connectivity index is 1.53. The summed E-state index contributed by atoms with van der Waals surface area (Å²) >= 11 is 0. The van der Waals surface area contributed by atoms with Crippen molar-refractivity contribution in [2.45, 2.75) is 51.0 Å². The lowest BCUT2D eigenvalue weighted by molar-refractivity contribution is 0.0690. The minimum absolute atomic E-state index is 0.0332. The maximum atomic E-state index is 12.7. The third-order valence-corrected chi connectivity index (χ3v) is 4.97. The summed E-state index contributed by atoms with van der Waals surface area (Å²) in [6.07, 6.45) is 8.93. The van der Waals surface area contributed by atoms with Gasteiger partial charge in [-0.2, -0.15) is 0 Å². The predicted octanol–water partition coefficient (Wildman–Crippen LogP) is 2.00. The van der Waals surface area contributed by atoms with Gasteiger partial charge in [-0.15, -0.1) is 5.10 Å². The molecule has 0 atom stereocenters. The number of nitrogens with zero attached hydrogens (tertiary/aromatic N) is 5. The minimum atomic E-state index is -1.06. The van der Waals surface area contributed by atoms with Crippen LogP contribution in [0.25, 0.3) is 0 Å². The van der Waals surface area contributed by atoms with Crippen molar-refractivity contribution in [2.24, 2.45) is 0 Å². The third kappa shape index (κ3) is 3.85. The zero-order chi connectivity index (χ0) is 16.9. The number of piperidine rings is 1. The van der Waals surface area contributed by atoms with E-state index in [-0.39, 0.29) is 17.8 Å². The number of carboxylic acid groups (broad SMARTS) is 1. The highest BCUT2D eigenvalue weighted by atomic mass is 16.4. The summed E-state index contributed by atoms with van der Waals surface area (Å²) < 4.78 is 1.63. The number of carbonyl (C=O) groups excluding carboxylic acids is 1. The monoisotopic (exact) mass is 335 g/mol. The molecule has 132 valence electrons. The highest BCUT2D eigenvalue weighted by Gasteiger charge is 2.28. The van der Waals surface area contributed by atoms with Crippen molar-refractivity contribution >= 4 is 12.0 Å². The van der Waals surface area contributed by atoms with Crippen LogP contribution < -0.4 is 0 Å². The van der Waals surface area contributed by atoms with Crippen molar-refractivity contribution in [3.05, 3.63) is 11.9 Å². The molecule has 24 heavy (non-hydrogen) atoms. The number of aromatic nitrogens is 3. The molecule has 0 aromatic carbocycles. The molecule has 0 saturated carbocycles. The zero-order valence-corrected chi connectivity index (χ0v) is 13.9. The summed E-state index contributed by atoms with van der Waals surface area (Å²) in [4.78, 5) is 27.5. The Bertz CT molecular complexity index is 572. The lowest BCUT2D eigenvalue weighted by Crippen LogP contribution is -2.47. The number of hydrogen-bond acceptors (Lipinski definition) is 4. The lowest BCUT2D eigenvalue weighted by Gasteiger charge is -2.36. The van der Waals surface area contributed by atoms with E-state index in [1.54, 1.807) is 4.68 Å². The second kappa shape index (κ2) is 7.63. The normalized spacial score (nSPS) is 20.5. The SMILES string of the molecule is O=C(O)c1cn(C2CCN(C(=O)N3CCCCCCC3)CC2)nn1. The van der Waals surface area contributed by atoms with Crippen LogP contribution in [0.15, 0.2) is 6.20 Å². The van der Waals surface area contributed by atoms with Gasteiger partial charge in [-0.05, 0) is 25.7 Å². The van der Waals surface area contributed by atoms with Gasteiger partial charge >= 0.3 is 12.0 Å². The zero-order valence-electron chi connectivity index (χ0n) is 13.9. The van der Waals surface area contributed by atoms with Gasteiger partial charge in [0.15, 0.2) is 5.69 Å². The highest BCUT2D eigenvalue weighted by molar-refractivity contribution is 5.84. The van der Waals surface area contributed by atoms with Crippen molar-refractivity contribution in [3.63, 3.8) is 0 Å². The molecule has 3 rings (SSSR count). The van der Waals surface area contributed by atoms with Crippen LogP contribution in [0.4, 0.5) is 4.79 Å². The predicted molar refractivity (Wildman–Crippen MR) is 86.9 cm³/mol. The largest absolute Gasteiger partial charge is 0.476 e. The first-order valence-corrected chi connectivity index (χ1v) is 8.84. The molecule has 1 aromatic rings. The number of carbonyl (C=O) groups is 2. The first-order chi connectivity index (χ1) is 11.6. The molecule has 1 N–H and O–H groups in total. The van der Waals surface area contributed by atoms with Crippen LogP contribution in [0.3, 0.4) is 0 Å². The molecule has 0 unspecified atom stereocenters. The van der Waals surface area contributed by atoms with Gasteiger partial charge in [0, 0.05) is 26.2 Å². The van der Waals surface area contributed by atoms with Crippen LogP contribution >= 0.6 is 0 Å². The molecule has 0 radical (unpaired) electrons. The number of amides is 2. The quantitative estimate of drug-likeness (QED) is 0.892. The number of hydrogen-bond donors (Lipinski definition) is 1. The van der Waals surface area contributed by atoms with Crippen LogP contribution in [-0.4, -0.2) is 68.1 Å². The molecule has 2 aliphatic rings. The minimum Gasteiger partial charge on any atom is -0.476 e. The fourth-order valence-electron chi connectivity index (χ4n) is 3.51. The van der Waals surface area contributed by atoms with Crippen LogP contribution in [0.5, 0.6) is 0 Å². The van der Waals surface area contributed by atoms with E-state index >= 15 is 0 Å². The highest BCUT2D eigenvalue weighted by Crippen LogP contribution is 2.23. The Morgan fingerprint density at radius 2 is 1.54 bits per heavy atom. The number of carboxylic acids is 1. The van der Waals surface area contributed by atoms with E-state index in [0.29, 0.717) is 13.1 Å². The van der Waals surface area contributed by atoms with Crippen LogP contribution in [0.2, 0.25) is 0 Å². The average molecular weight is 335 g/mol. The third-order valence-electron chi connectivity index (χ3n) is 4.97. The topological polar surface area (TPSA) is 91.6 Å². The first-order valence-electron chi connectivity index (χ1n) is 8.84. The Morgan fingerprint density at radius 3 is 2.12 bits per heavy atom. The first kappa shape index (κ1) is 16.7. The van der Waals surface area contributed by atoms with Crippen LogP contribution in [0, 0.1) is 0 Å². The van der Waals surface area contributed by atoms with Gasteiger partial charge < -0.3 is 14.9 Å². The van der Waals surface area contributed by atoms with Gasteiger partial charge in [0.2, 0.25) is 0 Å². The Kier molecular flexibility index (Phi) is 5.32. The summed E-state index contributed by atoms with van der Waals surface area (Å²) in [7, 11) is 0. The molecule has 3 heterocycles. The smallest absolute Gasteiger partial charge is 0.358 e. The standard InChI is InChI=1S/C16H25N5O3/c22-15(23)14-12-21(18-17-14)13-6-10-20(11-7-13)16(24)19-8-4-2-1-3-5-9-19/h12-13H,1-11H2,(H,22,23). The number of likely N-dealkylation sites (tertiary alicyclic amines) is 2. The maximum Gasteiger partial charge on any atom is 0.358 e. The van der Waals surface area contributed by atoms with E-state index in [1.807, 2.05) is 9.80 Å². The van der Waals surface area contributed by atoms with Crippen LogP contribution in [-0.2, 0) is 0 Å². The van der Waals surface area contributed by atoms with Crippen molar-refractivity contribution < 1.29 is 14.7 Å². The number of urea groups is 1. The van der Waals surface area contributed by atoms with Crippen LogP contribution in [0.1, 0.15) is 61.5 Å².